The number of nitrogens with one attached hydrogen (secondary N) is 2. The fraction of sp³-hybridized carbons (Fsp3) is 0.708. The predicted octanol–water partition coefficient (Wildman–Crippen LogP) is 1.97. The van der Waals surface area contributed by atoms with Gasteiger partial charge in [-0.05, 0) is 57.4 Å². The molecule has 2 aliphatic rings. The molecule has 0 radical (unpaired) electrons. The summed E-state index contributed by atoms with van der Waals surface area (Å²) in [7, 11) is -1.93. The van der Waals surface area contributed by atoms with E-state index in [2.05, 4.69) is 23.9 Å². The van der Waals surface area contributed by atoms with E-state index in [-0.39, 0.29) is 34.8 Å². The van der Waals surface area contributed by atoms with Crippen molar-refractivity contribution in [1.82, 2.24) is 19.8 Å². The lowest BCUT2D eigenvalue weighted by Crippen LogP contribution is -2.53. The van der Waals surface area contributed by atoms with Crippen molar-refractivity contribution in [2.24, 2.45) is 5.41 Å². The number of benzene rings is 1. The van der Waals surface area contributed by atoms with Gasteiger partial charge in [-0.3, -0.25) is 0 Å². The highest BCUT2D eigenvalue weighted by atomic mass is 32.2. The number of urea groups is 1. The van der Waals surface area contributed by atoms with E-state index in [1.54, 1.807) is 6.07 Å². The SMILES string of the molecule is CC(C)NC(=O)N1CCC2(CC1)COc1cc(C(C)C)ccc1S(=O)(=O)NCC(O)CN(C)C2. The number of fused-ring (bicyclic) bond motifs is 1. The Morgan fingerprint density at radius 1 is 1.24 bits per heavy atom. The van der Waals surface area contributed by atoms with Crippen molar-refractivity contribution in [3.8, 4) is 5.75 Å². The van der Waals surface area contributed by atoms with Crippen molar-refractivity contribution in [2.45, 2.75) is 63.5 Å². The van der Waals surface area contributed by atoms with Gasteiger partial charge in [0.1, 0.15) is 10.6 Å². The molecule has 3 rings (SSSR count). The summed E-state index contributed by atoms with van der Waals surface area (Å²) in [5.74, 6) is 0.548. The highest BCUT2D eigenvalue weighted by molar-refractivity contribution is 7.89. The Kier molecular flexibility index (Phi) is 8.49. The lowest BCUT2D eigenvalue weighted by molar-refractivity contribution is 0.0241. The topological polar surface area (TPSA) is 111 Å². The van der Waals surface area contributed by atoms with Crippen LogP contribution in [-0.4, -0.2) is 87.9 Å². The van der Waals surface area contributed by atoms with Crippen molar-refractivity contribution in [2.75, 3.05) is 46.4 Å². The first kappa shape index (κ1) is 26.7. The number of likely N-dealkylation sites (tertiary alicyclic amines) is 1. The van der Waals surface area contributed by atoms with Crippen molar-refractivity contribution in [1.29, 1.82) is 0 Å². The molecule has 0 saturated carbocycles. The number of β-amino-alcohol motifs (C(OH)–C–C–N with tert-alkyl or cyclic N) is 1. The lowest BCUT2D eigenvalue weighted by Gasteiger charge is -2.44. The molecule has 1 aromatic carbocycles. The van der Waals surface area contributed by atoms with Gasteiger partial charge >= 0.3 is 6.03 Å². The second-order valence-corrected chi connectivity index (χ2v) is 12.2. The van der Waals surface area contributed by atoms with Gasteiger partial charge in [-0.1, -0.05) is 19.9 Å². The molecule has 10 heteroatoms. The maximum atomic E-state index is 13.0. The Labute approximate surface area is 203 Å². The predicted molar refractivity (Wildman–Crippen MR) is 132 cm³/mol. The Bertz CT molecular complexity index is 958. The third-order valence-corrected chi connectivity index (χ3v) is 8.08. The van der Waals surface area contributed by atoms with Gasteiger partial charge in [-0.15, -0.1) is 0 Å². The van der Waals surface area contributed by atoms with E-state index in [9.17, 15) is 18.3 Å². The molecule has 0 aliphatic carbocycles. The summed E-state index contributed by atoms with van der Waals surface area (Å²) in [6.45, 7) is 10.4. The average Bonchev–Trinajstić information content (AvgIpc) is 2.75. The first-order valence-electron chi connectivity index (χ1n) is 12.1. The van der Waals surface area contributed by atoms with E-state index in [0.717, 1.165) is 18.4 Å². The summed E-state index contributed by atoms with van der Waals surface area (Å²) in [4.78, 5) is 16.4. The number of aliphatic hydroxyl groups excluding tert-OH is 1. The molecule has 1 unspecified atom stereocenters. The quantitative estimate of drug-likeness (QED) is 0.577. The molecular formula is C24H40N4O5S. The smallest absolute Gasteiger partial charge is 0.317 e. The second kappa shape index (κ2) is 10.8. The third-order valence-electron chi connectivity index (χ3n) is 6.62. The van der Waals surface area contributed by atoms with Gasteiger partial charge < -0.3 is 25.0 Å². The number of sulfonamides is 1. The molecule has 0 bridgehead atoms. The van der Waals surface area contributed by atoms with Crippen LogP contribution in [0.4, 0.5) is 4.79 Å². The van der Waals surface area contributed by atoms with Gasteiger partial charge in [0.15, 0.2) is 0 Å². The summed E-state index contributed by atoms with van der Waals surface area (Å²) in [5.41, 5.74) is 0.720. The normalized spacial score (nSPS) is 23.6. The van der Waals surface area contributed by atoms with Crippen molar-refractivity contribution in [3.63, 3.8) is 0 Å². The Hall–Kier alpha value is -1.88. The number of likely N-dealkylation sites (N-methyl/N-ethyl adjacent to an activating group) is 1. The van der Waals surface area contributed by atoms with Crippen LogP contribution in [-0.2, 0) is 10.0 Å². The Balaban J connectivity index is 1.90. The van der Waals surface area contributed by atoms with Crippen LogP contribution in [0.2, 0.25) is 0 Å². The van der Waals surface area contributed by atoms with E-state index >= 15 is 0 Å². The van der Waals surface area contributed by atoms with Crippen molar-refractivity contribution >= 4 is 16.1 Å². The number of hydrogen-bond acceptors (Lipinski definition) is 6. The standard InChI is InChI=1S/C24H40N4O5S/c1-17(2)19-6-7-22-21(12-19)33-16-24(8-10-28(11-9-24)23(30)26-18(3)4)15-27(5)14-20(29)13-25-34(22,31)32/h6-7,12,17-18,20,25,29H,8-11,13-16H2,1-5H3,(H,26,30). The van der Waals surface area contributed by atoms with Crippen LogP contribution in [0.5, 0.6) is 5.75 Å². The molecule has 2 aliphatic heterocycles. The Morgan fingerprint density at radius 3 is 2.53 bits per heavy atom. The second-order valence-electron chi connectivity index (χ2n) is 10.4. The summed E-state index contributed by atoms with van der Waals surface area (Å²) >= 11 is 0. The molecule has 192 valence electrons. The molecule has 3 N–H and O–H groups in total. The minimum absolute atomic E-state index is 0.0632. The summed E-state index contributed by atoms with van der Waals surface area (Å²) in [6, 6.07) is 5.21. The number of carbonyl (C=O) groups is 1. The van der Waals surface area contributed by atoms with Crippen LogP contribution >= 0.6 is 0 Å². The van der Waals surface area contributed by atoms with Gasteiger partial charge in [0.25, 0.3) is 0 Å². The number of piperidine rings is 1. The molecule has 34 heavy (non-hydrogen) atoms. The van der Waals surface area contributed by atoms with Gasteiger partial charge in [0, 0.05) is 44.2 Å². The number of amides is 2. The third kappa shape index (κ3) is 6.62. The molecular weight excluding hydrogens is 456 g/mol. The maximum Gasteiger partial charge on any atom is 0.317 e. The number of ether oxygens (including phenoxy) is 1. The first-order chi connectivity index (χ1) is 15.9. The van der Waals surface area contributed by atoms with Crippen LogP contribution in [0.3, 0.4) is 0 Å². The van der Waals surface area contributed by atoms with Crippen LogP contribution in [0, 0.1) is 5.41 Å². The fourth-order valence-electron chi connectivity index (χ4n) is 4.67. The number of nitrogens with zero attached hydrogens (tertiary/aromatic N) is 2. The molecule has 1 saturated heterocycles. The van der Waals surface area contributed by atoms with Crippen LogP contribution in [0.25, 0.3) is 0 Å². The summed E-state index contributed by atoms with van der Waals surface area (Å²) < 4.78 is 34.9. The highest BCUT2D eigenvalue weighted by Crippen LogP contribution is 2.36. The van der Waals surface area contributed by atoms with Crippen molar-refractivity contribution < 1.29 is 23.1 Å². The number of aliphatic hydroxyl groups is 1. The maximum absolute atomic E-state index is 13.0. The number of rotatable bonds is 2. The fourth-order valence-corrected chi connectivity index (χ4v) is 5.86. The van der Waals surface area contributed by atoms with E-state index < -0.39 is 16.1 Å². The van der Waals surface area contributed by atoms with Crippen LogP contribution in [0.1, 0.15) is 52.0 Å². The zero-order chi connectivity index (χ0) is 25.1. The molecule has 1 aromatic rings. The minimum atomic E-state index is -3.85. The van der Waals surface area contributed by atoms with Crippen molar-refractivity contribution in [3.05, 3.63) is 23.8 Å². The van der Waals surface area contributed by atoms with Crippen LogP contribution < -0.4 is 14.8 Å². The Morgan fingerprint density at radius 2 is 1.91 bits per heavy atom. The molecule has 2 heterocycles. The van der Waals surface area contributed by atoms with Crippen LogP contribution in [0.15, 0.2) is 23.1 Å². The first-order valence-corrected chi connectivity index (χ1v) is 13.6. The van der Waals surface area contributed by atoms with Gasteiger partial charge in [-0.2, -0.15) is 0 Å². The number of carbonyl (C=O) groups excluding carboxylic acids is 1. The minimum Gasteiger partial charge on any atom is -0.492 e. The molecule has 1 spiro atoms. The average molecular weight is 497 g/mol. The molecule has 1 fully saturated rings. The highest BCUT2D eigenvalue weighted by Gasteiger charge is 2.39. The molecule has 0 aromatic heterocycles. The van der Waals surface area contributed by atoms with Gasteiger partial charge in [-0.25, -0.2) is 17.9 Å². The molecule has 1 atom stereocenters. The largest absolute Gasteiger partial charge is 0.492 e. The van der Waals surface area contributed by atoms with E-state index in [1.807, 2.05) is 42.8 Å². The zero-order valence-electron chi connectivity index (χ0n) is 21.0. The molecule has 9 nitrogen and oxygen atoms in total. The summed E-state index contributed by atoms with van der Waals surface area (Å²) in [5, 5.41) is 13.4. The number of hydrogen-bond donors (Lipinski definition) is 3. The summed E-state index contributed by atoms with van der Waals surface area (Å²) in [6.07, 6.45) is 0.610. The van der Waals surface area contributed by atoms with E-state index in [1.165, 1.54) is 0 Å². The zero-order valence-corrected chi connectivity index (χ0v) is 21.8. The lowest BCUT2D eigenvalue weighted by atomic mass is 9.78. The van der Waals surface area contributed by atoms with Gasteiger partial charge in [0.2, 0.25) is 10.0 Å². The van der Waals surface area contributed by atoms with E-state index in [4.69, 9.17) is 4.74 Å². The van der Waals surface area contributed by atoms with Gasteiger partial charge in [0.05, 0.1) is 12.7 Å². The van der Waals surface area contributed by atoms with E-state index in [0.29, 0.717) is 38.5 Å². The molecule has 2 amide bonds. The monoisotopic (exact) mass is 496 g/mol.